The number of hydrogen-bond acceptors (Lipinski definition) is 3. The van der Waals surface area contributed by atoms with Gasteiger partial charge in [-0.1, -0.05) is 58.3 Å². The first-order valence-electron chi connectivity index (χ1n) is 9.36. The number of hydrogen-bond donors (Lipinski definition) is 0. The van der Waals surface area contributed by atoms with Crippen molar-refractivity contribution in [3.8, 4) is 0 Å². The first kappa shape index (κ1) is 21.9. The van der Waals surface area contributed by atoms with E-state index in [0.717, 1.165) is 12.8 Å². The minimum atomic E-state index is -0.511. The molecule has 0 radical (unpaired) electrons. The molecule has 0 aliphatic carbocycles. The zero-order chi connectivity index (χ0) is 17.7. The highest BCUT2D eigenvalue weighted by Gasteiger charge is 2.23. The average Bonchev–Trinajstić information content (AvgIpc) is 2.50. The van der Waals surface area contributed by atoms with Crippen molar-refractivity contribution in [1.82, 2.24) is 4.90 Å². The van der Waals surface area contributed by atoms with E-state index in [0.29, 0.717) is 6.42 Å². The minimum absolute atomic E-state index is 0.0288. The molecular formula is C19H37NO3. The summed E-state index contributed by atoms with van der Waals surface area (Å²) in [5.41, 5.74) is 0. The second kappa shape index (κ2) is 13.4. The average molecular weight is 328 g/mol. The maximum atomic E-state index is 12.1. The van der Waals surface area contributed by atoms with Gasteiger partial charge >= 0.3 is 5.97 Å². The third kappa shape index (κ3) is 11.2. The summed E-state index contributed by atoms with van der Waals surface area (Å²) < 4.78 is 5.15. The molecule has 0 fully saturated rings. The molecule has 136 valence electrons. The first-order chi connectivity index (χ1) is 10.9. The molecule has 0 aliphatic heterocycles. The third-order valence-corrected chi connectivity index (χ3v) is 4.16. The van der Waals surface area contributed by atoms with Gasteiger partial charge in [-0.25, -0.2) is 4.79 Å². The number of ether oxygens (including phenoxy) is 1. The summed E-state index contributed by atoms with van der Waals surface area (Å²) in [7, 11) is 1.68. The maximum Gasteiger partial charge on any atom is 0.328 e. The van der Waals surface area contributed by atoms with Crippen molar-refractivity contribution in [2.24, 2.45) is 0 Å². The Morgan fingerprint density at radius 2 is 1.35 bits per heavy atom. The van der Waals surface area contributed by atoms with Crippen LogP contribution in [0.3, 0.4) is 0 Å². The normalized spacial score (nSPS) is 12.3. The highest BCUT2D eigenvalue weighted by atomic mass is 16.5. The molecule has 0 saturated heterocycles. The van der Waals surface area contributed by atoms with Gasteiger partial charge in [0.2, 0.25) is 5.91 Å². The maximum absolute atomic E-state index is 12.1. The SMILES string of the molecule is CCCCCCCCCCCC(=O)N(C)[C@@H](C)C(=O)OC(C)C. The Balaban J connectivity index is 3.74. The standard InChI is InChI=1S/C19H37NO3/c1-6-7-8-9-10-11-12-13-14-15-18(21)20(5)17(4)19(22)23-16(2)3/h16-17H,6-15H2,1-5H3/t17-/m0/s1. The molecule has 23 heavy (non-hydrogen) atoms. The van der Waals surface area contributed by atoms with Crippen LogP contribution in [0, 0.1) is 0 Å². The molecule has 4 nitrogen and oxygen atoms in total. The molecule has 0 N–H and O–H groups in total. The summed E-state index contributed by atoms with van der Waals surface area (Å²) in [6.45, 7) is 7.58. The highest BCUT2D eigenvalue weighted by Crippen LogP contribution is 2.12. The number of likely N-dealkylation sites (N-methyl/N-ethyl adjacent to an activating group) is 1. The number of unbranched alkanes of at least 4 members (excludes halogenated alkanes) is 8. The van der Waals surface area contributed by atoms with Gasteiger partial charge < -0.3 is 9.64 Å². The number of nitrogens with zero attached hydrogens (tertiary/aromatic N) is 1. The van der Waals surface area contributed by atoms with Gasteiger partial charge in [0.05, 0.1) is 6.10 Å². The van der Waals surface area contributed by atoms with Crippen LogP contribution in [0.25, 0.3) is 0 Å². The van der Waals surface area contributed by atoms with Gasteiger partial charge in [-0.15, -0.1) is 0 Å². The molecule has 0 aromatic carbocycles. The Labute approximate surface area is 143 Å². The van der Waals surface area contributed by atoms with E-state index in [-0.39, 0.29) is 18.0 Å². The topological polar surface area (TPSA) is 46.6 Å². The lowest BCUT2D eigenvalue weighted by atomic mass is 10.1. The Bertz CT molecular complexity index is 329. The fourth-order valence-electron chi connectivity index (χ4n) is 2.47. The number of carbonyl (C=O) groups is 2. The van der Waals surface area contributed by atoms with Gasteiger partial charge in [0.25, 0.3) is 0 Å². The van der Waals surface area contributed by atoms with Crippen LogP contribution in [0.4, 0.5) is 0 Å². The van der Waals surface area contributed by atoms with Crippen molar-refractivity contribution in [2.75, 3.05) is 7.05 Å². The van der Waals surface area contributed by atoms with Gasteiger partial charge in [0.15, 0.2) is 0 Å². The lowest BCUT2D eigenvalue weighted by molar-refractivity contribution is -0.156. The lowest BCUT2D eigenvalue weighted by Gasteiger charge is -2.24. The van der Waals surface area contributed by atoms with Gasteiger partial charge in [0.1, 0.15) is 6.04 Å². The Morgan fingerprint density at radius 1 is 0.870 bits per heavy atom. The monoisotopic (exact) mass is 327 g/mol. The van der Waals surface area contributed by atoms with E-state index in [9.17, 15) is 9.59 Å². The Morgan fingerprint density at radius 3 is 1.83 bits per heavy atom. The molecule has 0 aromatic heterocycles. The van der Waals surface area contributed by atoms with Crippen LogP contribution in [-0.4, -0.2) is 36.0 Å². The summed E-state index contributed by atoms with van der Waals surface area (Å²) in [6.07, 6.45) is 11.5. The van der Waals surface area contributed by atoms with E-state index < -0.39 is 6.04 Å². The second-order valence-electron chi connectivity index (χ2n) is 6.74. The molecule has 0 unspecified atom stereocenters. The second-order valence-corrected chi connectivity index (χ2v) is 6.74. The van der Waals surface area contributed by atoms with Gasteiger partial charge in [-0.05, 0) is 27.2 Å². The summed E-state index contributed by atoms with van der Waals surface area (Å²) in [5.74, 6) is -0.302. The molecule has 4 heteroatoms. The summed E-state index contributed by atoms with van der Waals surface area (Å²) in [4.78, 5) is 25.4. The number of carbonyl (C=O) groups excluding carboxylic acids is 2. The molecular weight excluding hydrogens is 290 g/mol. The smallest absolute Gasteiger partial charge is 0.328 e. The number of esters is 1. The van der Waals surface area contributed by atoms with Crippen molar-refractivity contribution in [3.63, 3.8) is 0 Å². The fourth-order valence-corrected chi connectivity index (χ4v) is 2.47. The molecule has 0 rings (SSSR count). The quantitative estimate of drug-likeness (QED) is 0.364. The van der Waals surface area contributed by atoms with E-state index >= 15 is 0 Å². The van der Waals surface area contributed by atoms with Crippen molar-refractivity contribution >= 4 is 11.9 Å². The Hall–Kier alpha value is -1.06. The van der Waals surface area contributed by atoms with Crippen LogP contribution in [0.15, 0.2) is 0 Å². The molecule has 0 saturated carbocycles. The van der Waals surface area contributed by atoms with E-state index in [4.69, 9.17) is 4.74 Å². The zero-order valence-electron chi connectivity index (χ0n) is 15.9. The van der Waals surface area contributed by atoms with Crippen LogP contribution in [-0.2, 0) is 14.3 Å². The van der Waals surface area contributed by atoms with Crippen LogP contribution < -0.4 is 0 Å². The fraction of sp³-hybridized carbons (Fsp3) is 0.895. The van der Waals surface area contributed by atoms with E-state index in [2.05, 4.69) is 6.92 Å². The number of rotatable bonds is 13. The minimum Gasteiger partial charge on any atom is -0.461 e. The molecule has 0 aliphatic rings. The van der Waals surface area contributed by atoms with Crippen molar-refractivity contribution in [1.29, 1.82) is 0 Å². The predicted octanol–water partition coefficient (Wildman–Crippen LogP) is 4.71. The van der Waals surface area contributed by atoms with Crippen molar-refractivity contribution in [2.45, 2.75) is 104 Å². The predicted molar refractivity (Wildman–Crippen MR) is 95.3 cm³/mol. The summed E-state index contributed by atoms with van der Waals surface area (Å²) in [6, 6.07) is -0.511. The van der Waals surface area contributed by atoms with Gasteiger partial charge in [-0.3, -0.25) is 4.79 Å². The van der Waals surface area contributed by atoms with Crippen molar-refractivity contribution < 1.29 is 14.3 Å². The third-order valence-electron chi connectivity index (χ3n) is 4.16. The summed E-state index contributed by atoms with van der Waals surface area (Å²) in [5, 5.41) is 0. The molecule has 0 spiro atoms. The largest absolute Gasteiger partial charge is 0.461 e. The molecule has 0 bridgehead atoms. The van der Waals surface area contributed by atoms with Crippen LogP contribution in [0.2, 0.25) is 0 Å². The first-order valence-corrected chi connectivity index (χ1v) is 9.36. The molecule has 1 atom stereocenters. The van der Waals surface area contributed by atoms with E-state index in [1.807, 2.05) is 13.8 Å². The zero-order valence-corrected chi connectivity index (χ0v) is 15.9. The van der Waals surface area contributed by atoms with Crippen LogP contribution in [0.1, 0.15) is 91.9 Å². The van der Waals surface area contributed by atoms with E-state index in [1.54, 1.807) is 14.0 Å². The Kier molecular flexibility index (Phi) is 12.8. The van der Waals surface area contributed by atoms with Crippen LogP contribution >= 0.6 is 0 Å². The molecule has 0 aromatic rings. The lowest BCUT2D eigenvalue weighted by Crippen LogP contribution is -2.41. The highest BCUT2D eigenvalue weighted by molar-refractivity contribution is 5.84. The van der Waals surface area contributed by atoms with E-state index in [1.165, 1.54) is 49.8 Å². The van der Waals surface area contributed by atoms with Gasteiger partial charge in [0, 0.05) is 13.5 Å². The molecule has 0 heterocycles. The number of amides is 1. The van der Waals surface area contributed by atoms with Gasteiger partial charge in [-0.2, -0.15) is 0 Å². The van der Waals surface area contributed by atoms with Crippen LogP contribution in [0.5, 0.6) is 0 Å². The molecule has 1 amide bonds. The summed E-state index contributed by atoms with van der Waals surface area (Å²) >= 11 is 0. The van der Waals surface area contributed by atoms with Crippen molar-refractivity contribution in [3.05, 3.63) is 0 Å².